The van der Waals surface area contributed by atoms with Crippen LogP contribution in [0.25, 0.3) is 32.8 Å². The van der Waals surface area contributed by atoms with Gasteiger partial charge in [0.2, 0.25) is 0 Å². The van der Waals surface area contributed by atoms with Crippen LogP contribution >= 0.6 is 0 Å². The molecule has 0 radical (unpaired) electrons. The summed E-state index contributed by atoms with van der Waals surface area (Å²) in [6.45, 7) is 2.78. The lowest BCUT2D eigenvalue weighted by Crippen LogP contribution is -2.25. The zero-order valence-corrected chi connectivity index (χ0v) is 14.6. The van der Waals surface area contributed by atoms with Gasteiger partial charge >= 0.3 is 0 Å². The topological polar surface area (TPSA) is 80.7 Å². The average Bonchev–Trinajstić information content (AvgIpc) is 2.71. The number of fused-ring (bicyclic) bond motifs is 6. The van der Waals surface area contributed by atoms with E-state index in [1.165, 1.54) is 6.20 Å². The highest BCUT2D eigenvalue weighted by Gasteiger charge is 2.15. The number of carbonyl (C=O) groups is 1. The van der Waals surface area contributed by atoms with Crippen molar-refractivity contribution >= 4 is 38.7 Å². The van der Waals surface area contributed by atoms with E-state index in [4.69, 9.17) is 0 Å². The van der Waals surface area contributed by atoms with E-state index in [1.807, 2.05) is 24.3 Å². The van der Waals surface area contributed by atoms with Gasteiger partial charge in [-0.3, -0.25) is 19.7 Å². The number of nitrogens with one attached hydrogen (secondary N) is 1. The van der Waals surface area contributed by atoms with Gasteiger partial charge in [-0.15, -0.1) is 0 Å². The lowest BCUT2D eigenvalue weighted by molar-refractivity contribution is 0.0948. The third-order valence-corrected chi connectivity index (χ3v) is 4.42. The maximum atomic E-state index is 12.4. The molecule has 1 N–H and O–H groups in total. The van der Waals surface area contributed by atoms with Crippen LogP contribution < -0.4 is 5.32 Å². The SMILES string of the molecule is CCCCCNC(=O)c1cnc2c3cccnc3c3ncccc3c2n1. The Morgan fingerprint density at radius 2 is 1.58 bits per heavy atom. The van der Waals surface area contributed by atoms with Crippen LogP contribution in [0.4, 0.5) is 0 Å². The normalized spacial score (nSPS) is 11.3. The van der Waals surface area contributed by atoms with Crippen molar-refractivity contribution in [2.45, 2.75) is 26.2 Å². The van der Waals surface area contributed by atoms with Gasteiger partial charge < -0.3 is 5.32 Å². The van der Waals surface area contributed by atoms with Gasteiger partial charge in [-0.05, 0) is 30.7 Å². The van der Waals surface area contributed by atoms with Crippen LogP contribution in [0.5, 0.6) is 0 Å². The highest BCUT2D eigenvalue weighted by Crippen LogP contribution is 2.30. The van der Waals surface area contributed by atoms with Crippen LogP contribution in [0.1, 0.15) is 36.7 Å². The Labute approximate surface area is 150 Å². The summed E-state index contributed by atoms with van der Waals surface area (Å²) >= 11 is 0. The first kappa shape index (κ1) is 16.3. The third kappa shape index (κ3) is 2.83. The molecule has 3 aromatic heterocycles. The molecule has 0 atom stereocenters. The monoisotopic (exact) mass is 345 g/mol. The van der Waals surface area contributed by atoms with Crippen LogP contribution in [0, 0.1) is 0 Å². The minimum Gasteiger partial charge on any atom is -0.351 e. The minimum absolute atomic E-state index is 0.196. The summed E-state index contributed by atoms with van der Waals surface area (Å²) in [5.74, 6) is -0.196. The molecule has 3 heterocycles. The number of aromatic nitrogens is 4. The lowest BCUT2D eigenvalue weighted by atomic mass is 10.1. The maximum Gasteiger partial charge on any atom is 0.271 e. The number of hydrogen-bond acceptors (Lipinski definition) is 5. The van der Waals surface area contributed by atoms with Gasteiger partial charge in [0.1, 0.15) is 5.69 Å². The Morgan fingerprint density at radius 3 is 2.27 bits per heavy atom. The third-order valence-electron chi connectivity index (χ3n) is 4.42. The van der Waals surface area contributed by atoms with E-state index in [9.17, 15) is 4.79 Å². The highest BCUT2D eigenvalue weighted by atomic mass is 16.1. The molecular formula is C20H19N5O. The summed E-state index contributed by atoms with van der Waals surface area (Å²) in [6, 6.07) is 7.62. The fourth-order valence-electron chi connectivity index (χ4n) is 3.12. The molecule has 1 amide bonds. The summed E-state index contributed by atoms with van der Waals surface area (Å²) in [6.07, 6.45) is 8.19. The molecule has 0 bridgehead atoms. The summed E-state index contributed by atoms with van der Waals surface area (Å²) < 4.78 is 0. The smallest absolute Gasteiger partial charge is 0.271 e. The molecule has 0 aliphatic heterocycles. The van der Waals surface area contributed by atoms with Gasteiger partial charge in [0.25, 0.3) is 5.91 Å². The second kappa shape index (κ2) is 7.00. The molecule has 0 fully saturated rings. The number of carbonyl (C=O) groups excluding carboxylic acids is 1. The second-order valence-corrected chi connectivity index (χ2v) is 6.21. The van der Waals surface area contributed by atoms with E-state index in [0.717, 1.165) is 46.6 Å². The Balaban J connectivity index is 1.84. The largest absolute Gasteiger partial charge is 0.351 e. The zero-order valence-electron chi connectivity index (χ0n) is 14.6. The fourth-order valence-corrected chi connectivity index (χ4v) is 3.12. The number of nitrogens with zero attached hydrogens (tertiary/aromatic N) is 4. The van der Waals surface area contributed by atoms with E-state index in [2.05, 4.69) is 32.2 Å². The summed E-state index contributed by atoms with van der Waals surface area (Å²) in [5.41, 5.74) is 3.29. The molecule has 4 aromatic rings. The number of amides is 1. The Kier molecular flexibility index (Phi) is 4.39. The first-order valence-corrected chi connectivity index (χ1v) is 8.86. The molecule has 0 unspecified atom stereocenters. The average molecular weight is 345 g/mol. The van der Waals surface area contributed by atoms with Crippen molar-refractivity contribution in [3.05, 3.63) is 48.5 Å². The number of rotatable bonds is 5. The summed E-state index contributed by atoms with van der Waals surface area (Å²) in [5, 5.41) is 4.65. The summed E-state index contributed by atoms with van der Waals surface area (Å²) in [4.78, 5) is 30.5. The van der Waals surface area contributed by atoms with E-state index in [-0.39, 0.29) is 5.91 Å². The molecule has 26 heavy (non-hydrogen) atoms. The molecule has 0 aliphatic rings. The van der Waals surface area contributed by atoms with Crippen LogP contribution in [-0.4, -0.2) is 32.4 Å². The van der Waals surface area contributed by atoms with E-state index in [1.54, 1.807) is 12.4 Å². The molecule has 6 nitrogen and oxygen atoms in total. The van der Waals surface area contributed by atoms with Gasteiger partial charge in [0, 0.05) is 29.7 Å². The molecule has 130 valence electrons. The van der Waals surface area contributed by atoms with Gasteiger partial charge in [-0.2, -0.15) is 0 Å². The van der Waals surface area contributed by atoms with Crippen molar-refractivity contribution in [2.24, 2.45) is 0 Å². The van der Waals surface area contributed by atoms with Gasteiger partial charge in [0.05, 0.1) is 28.3 Å². The molecule has 0 saturated carbocycles. The lowest BCUT2D eigenvalue weighted by Gasteiger charge is -2.09. The molecule has 4 rings (SSSR count). The molecule has 0 aliphatic carbocycles. The fraction of sp³-hybridized carbons (Fsp3) is 0.250. The van der Waals surface area contributed by atoms with Crippen molar-refractivity contribution in [3.8, 4) is 0 Å². The summed E-state index contributed by atoms with van der Waals surface area (Å²) in [7, 11) is 0. The predicted molar refractivity (Wildman–Crippen MR) is 102 cm³/mol. The number of hydrogen-bond donors (Lipinski definition) is 1. The van der Waals surface area contributed by atoms with Gasteiger partial charge in [-0.25, -0.2) is 4.98 Å². The number of pyridine rings is 2. The molecular weight excluding hydrogens is 326 g/mol. The minimum atomic E-state index is -0.196. The van der Waals surface area contributed by atoms with Crippen molar-refractivity contribution in [2.75, 3.05) is 6.54 Å². The molecule has 0 spiro atoms. The van der Waals surface area contributed by atoms with Crippen LogP contribution in [0.3, 0.4) is 0 Å². The van der Waals surface area contributed by atoms with E-state index in [0.29, 0.717) is 17.8 Å². The van der Waals surface area contributed by atoms with Crippen LogP contribution in [0.15, 0.2) is 42.9 Å². The van der Waals surface area contributed by atoms with Crippen molar-refractivity contribution < 1.29 is 4.79 Å². The van der Waals surface area contributed by atoms with Crippen LogP contribution in [0.2, 0.25) is 0 Å². The van der Waals surface area contributed by atoms with E-state index < -0.39 is 0 Å². The van der Waals surface area contributed by atoms with Crippen molar-refractivity contribution in [1.82, 2.24) is 25.3 Å². The molecule has 6 heteroatoms. The molecule has 1 aromatic carbocycles. The Morgan fingerprint density at radius 1 is 0.923 bits per heavy atom. The van der Waals surface area contributed by atoms with Crippen LogP contribution in [-0.2, 0) is 0 Å². The first-order valence-electron chi connectivity index (χ1n) is 8.86. The Bertz CT molecular complexity index is 1070. The van der Waals surface area contributed by atoms with Gasteiger partial charge in [0.15, 0.2) is 0 Å². The number of benzene rings is 1. The molecule has 0 saturated heterocycles. The first-order chi connectivity index (χ1) is 12.8. The maximum absolute atomic E-state index is 12.4. The van der Waals surface area contributed by atoms with Crippen molar-refractivity contribution in [3.63, 3.8) is 0 Å². The quantitative estimate of drug-likeness (QED) is 0.441. The Hall–Kier alpha value is -3.15. The standard InChI is InChI=1S/C20H19N5O/c1-2-3-4-9-23-20(26)15-12-24-18-13-7-5-10-21-16(13)17-14(19(18)25-15)8-6-11-22-17/h5-8,10-12H,2-4,9H2,1H3,(H,23,26). The zero-order chi connectivity index (χ0) is 17.9. The van der Waals surface area contributed by atoms with E-state index >= 15 is 0 Å². The predicted octanol–water partition coefficient (Wildman–Crippen LogP) is 3.65. The van der Waals surface area contributed by atoms with Crippen molar-refractivity contribution in [1.29, 1.82) is 0 Å². The van der Waals surface area contributed by atoms with Gasteiger partial charge in [-0.1, -0.05) is 19.8 Å². The second-order valence-electron chi connectivity index (χ2n) is 6.21. The highest BCUT2D eigenvalue weighted by molar-refractivity contribution is 6.20. The number of unbranched alkanes of at least 4 members (excludes halogenated alkanes) is 2.